The van der Waals surface area contributed by atoms with E-state index < -0.39 is 0 Å². The van der Waals surface area contributed by atoms with Gasteiger partial charge in [0.15, 0.2) is 0 Å². The van der Waals surface area contributed by atoms with Gasteiger partial charge in [0, 0.05) is 35.5 Å². The first-order valence-corrected chi connectivity index (χ1v) is 19.2. The molecule has 0 unspecified atom stereocenters. The monoisotopic (exact) mass is 656 g/mol. The predicted octanol–water partition coefficient (Wildman–Crippen LogP) is 12.6. The number of unbranched alkanes of at least 4 members (excludes halogenated alkanes) is 9. The van der Waals surface area contributed by atoms with Gasteiger partial charge >= 0.3 is 5.97 Å². The minimum Gasteiger partial charge on any atom is -0.492 e. The van der Waals surface area contributed by atoms with Crippen LogP contribution in [0.1, 0.15) is 104 Å². The Labute approximate surface area is 272 Å². The summed E-state index contributed by atoms with van der Waals surface area (Å²) >= 11 is 6.87. The lowest BCUT2D eigenvalue weighted by molar-refractivity contribution is 0.0503. The quantitative estimate of drug-likeness (QED) is 0.0738. The van der Waals surface area contributed by atoms with Crippen molar-refractivity contribution in [1.82, 2.24) is 0 Å². The lowest BCUT2D eigenvalue weighted by Gasteiger charge is -2.11. The average Bonchev–Trinajstić information content (AvgIpc) is 3.77. The van der Waals surface area contributed by atoms with Crippen LogP contribution in [0.15, 0.2) is 18.2 Å². The highest BCUT2D eigenvalue weighted by atomic mass is 32.1. The molecule has 0 aliphatic rings. The summed E-state index contributed by atoms with van der Waals surface area (Å²) < 4.78 is 21.7. The summed E-state index contributed by atoms with van der Waals surface area (Å²) in [4.78, 5) is 18.5. The summed E-state index contributed by atoms with van der Waals surface area (Å²) in [5.41, 5.74) is 0. The number of fused-ring (bicyclic) bond motifs is 3. The minimum atomic E-state index is -0.198. The molecule has 1 aromatic carbocycles. The van der Waals surface area contributed by atoms with Crippen molar-refractivity contribution in [2.24, 2.45) is 0 Å². The SMILES string of the molecule is CCCCCCCCCCCCOC(=O)c1cc2c(-c3cc4c(OCC)c5sc(C)cc5c(OCC)c4s3)sc(C)c2s1. The van der Waals surface area contributed by atoms with Gasteiger partial charge < -0.3 is 14.2 Å². The van der Waals surface area contributed by atoms with Gasteiger partial charge in [-0.1, -0.05) is 64.7 Å². The molecule has 0 spiro atoms. The molecule has 5 aromatic rings. The van der Waals surface area contributed by atoms with E-state index in [2.05, 4.69) is 32.9 Å². The first kappa shape index (κ1) is 32.3. The summed E-state index contributed by atoms with van der Waals surface area (Å²) in [6, 6.07) is 6.51. The van der Waals surface area contributed by atoms with Crippen LogP contribution >= 0.6 is 45.3 Å². The van der Waals surface area contributed by atoms with Gasteiger partial charge in [0.1, 0.15) is 16.4 Å². The van der Waals surface area contributed by atoms with Crippen LogP contribution in [0.4, 0.5) is 0 Å². The minimum absolute atomic E-state index is 0.198. The maximum atomic E-state index is 13.0. The van der Waals surface area contributed by atoms with Crippen LogP contribution in [0.3, 0.4) is 0 Å². The molecule has 0 atom stereocenters. The Morgan fingerprint density at radius 3 is 1.91 bits per heavy atom. The zero-order valence-corrected chi connectivity index (χ0v) is 29.5. The number of carbonyl (C=O) groups excluding carboxylic acids is 1. The van der Waals surface area contributed by atoms with Crippen molar-refractivity contribution in [2.45, 2.75) is 98.8 Å². The molecule has 0 saturated carbocycles. The first-order valence-electron chi connectivity index (χ1n) is 15.9. The van der Waals surface area contributed by atoms with Gasteiger partial charge in [-0.3, -0.25) is 0 Å². The molecule has 232 valence electrons. The van der Waals surface area contributed by atoms with Crippen molar-refractivity contribution in [2.75, 3.05) is 19.8 Å². The molecule has 4 aromatic heterocycles. The molecule has 0 amide bonds. The summed E-state index contributed by atoms with van der Waals surface area (Å²) in [7, 11) is 0. The highest BCUT2D eigenvalue weighted by molar-refractivity contribution is 7.30. The van der Waals surface area contributed by atoms with Gasteiger partial charge in [-0.2, -0.15) is 0 Å². The number of carbonyl (C=O) groups is 1. The maximum Gasteiger partial charge on any atom is 0.348 e. The van der Waals surface area contributed by atoms with Crippen molar-refractivity contribution in [3.05, 3.63) is 32.8 Å². The fourth-order valence-corrected chi connectivity index (χ4v) is 10.3. The van der Waals surface area contributed by atoms with Gasteiger partial charge in [0.25, 0.3) is 0 Å². The Kier molecular flexibility index (Phi) is 11.4. The van der Waals surface area contributed by atoms with E-state index in [1.54, 1.807) is 45.3 Å². The third-order valence-corrected chi connectivity index (χ3v) is 12.6. The molecule has 0 radical (unpaired) electrons. The van der Waals surface area contributed by atoms with E-state index >= 15 is 0 Å². The van der Waals surface area contributed by atoms with E-state index in [-0.39, 0.29) is 5.97 Å². The van der Waals surface area contributed by atoms with Crippen molar-refractivity contribution >= 4 is 81.6 Å². The van der Waals surface area contributed by atoms with Gasteiger partial charge in [-0.25, -0.2) is 4.79 Å². The molecule has 4 nitrogen and oxygen atoms in total. The number of thiophene rings is 4. The van der Waals surface area contributed by atoms with Crippen LogP contribution in [0.2, 0.25) is 0 Å². The molecule has 43 heavy (non-hydrogen) atoms. The Bertz CT molecular complexity index is 1610. The van der Waals surface area contributed by atoms with Crippen LogP contribution in [0.5, 0.6) is 11.5 Å². The number of aryl methyl sites for hydroxylation is 2. The van der Waals surface area contributed by atoms with Crippen LogP contribution in [-0.2, 0) is 4.74 Å². The first-order chi connectivity index (χ1) is 21.0. The zero-order chi connectivity index (χ0) is 30.3. The molecule has 0 saturated heterocycles. The molecule has 8 heteroatoms. The van der Waals surface area contributed by atoms with Crippen molar-refractivity contribution in [3.8, 4) is 21.3 Å². The number of benzene rings is 1. The van der Waals surface area contributed by atoms with E-state index in [0.717, 1.165) is 49.9 Å². The topological polar surface area (TPSA) is 44.8 Å². The van der Waals surface area contributed by atoms with Crippen LogP contribution in [0, 0.1) is 13.8 Å². The lowest BCUT2D eigenvalue weighted by atomic mass is 10.1. The smallest absolute Gasteiger partial charge is 0.348 e. The van der Waals surface area contributed by atoms with Gasteiger partial charge in [0.2, 0.25) is 0 Å². The van der Waals surface area contributed by atoms with E-state index in [1.165, 1.54) is 75.6 Å². The standard InChI is InChI=1S/C35H44O4S4/c1-6-9-10-11-12-13-14-15-16-17-18-39-35(36)28-21-26-31(43-28)23(5)41-32(26)27-20-25-30(38-8-3)33-24(19-22(4)40-33)29(37-7-2)34(25)42-27/h19-21H,6-18H2,1-5H3. The Hall–Kier alpha value is -2.13. The van der Waals surface area contributed by atoms with Gasteiger partial charge in [0.05, 0.1) is 34.1 Å². The molecule has 0 aliphatic carbocycles. The number of hydrogen-bond donors (Lipinski definition) is 0. The van der Waals surface area contributed by atoms with Crippen molar-refractivity contribution in [3.63, 3.8) is 0 Å². The second-order valence-corrected chi connectivity index (χ2v) is 15.7. The van der Waals surface area contributed by atoms with E-state index in [0.29, 0.717) is 24.7 Å². The molecular formula is C35H44O4S4. The number of rotatable bonds is 17. The van der Waals surface area contributed by atoms with Crippen molar-refractivity contribution in [1.29, 1.82) is 0 Å². The normalized spacial score (nSPS) is 11.7. The molecule has 0 fully saturated rings. The maximum absolute atomic E-state index is 13.0. The van der Waals surface area contributed by atoms with Crippen LogP contribution in [-0.4, -0.2) is 25.8 Å². The van der Waals surface area contributed by atoms with E-state index in [9.17, 15) is 4.79 Å². The summed E-state index contributed by atoms with van der Waals surface area (Å²) in [6.45, 7) is 12.3. The lowest BCUT2D eigenvalue weighted by Crippen LogP contribution is -2.04. The highest BCUT2D eigenvalue weighted by Crippen LogP contribution is 2.53. The average molecular weight is 657 g/mol. The van der Waals surface area contributed by atoms with E-state index in [1.807, 2.05) is 19.9 Å². The Morgan fingerprint density at radius 1 is 0.651 bits per heavy atom. The van der Waals surface area contributed by atoms with E-state index in [4.69, 9.17) is 14.2 Å². The number of hydrogen-bond acceptors (Lipinski definition) is 8. The molecular weight excluding hydrogens is 613 g/mol. The zero-order valence-electron chi connectivity index (χ0n) is 26.2. The van der Waals surface area contributed by atoms with Gasteiger partial charge in [-0.05, 0) is 52.3 Å². The summed E-state index contributed by atoms with van der Waals surface area (Å²) in [5, 5.41) is 3.37. The molecule has 4 heterocycles. The fourth-order valence-electron chi connectivity index (χ4n) is 5.70. The Balaban J connectivity index is 1.30. The van der Waals surface area contributed by atoms with Gasteiger partial charge in [-0.15, -0.1) is 45.3 Å². The molecule has 5 rings (SSSR count). The Morgan fingerprint density at radius 2 is 1.26 bits per heavy atom. The second-order valence-electron chi connectivity index (χ2n) is 11.1. The molecule has 0 N–H and O–H groups in total. The molecule has 0 bridgehead atoms. The fraction of sp³-hybridized carbons (Fsp3) is 0.514. The van der Waals surface area contributed by atoms with Crippen LogP contribution in [0.25, 0.3) is 40.0 Å². The van der Waals surface area contributed by atoms with Crippen molar-refractivity contribution < 1.29 is 19.0 Å². The largest absolute Gasteiger partial charge is 0.492 e. The predicted molar refractivity (Wildman–Crippen MR) is 190 cm³/mol. The van der Waals surface area contributed by atoms with Crippen LogP contribution < -0.4 is 9.47 Å². The third-order valence-electron chi connectivity index (χ3n) is 7.77. The second kappa shape index (κ2) is 15.2. The molecule has 0 aliphatic heterocycles. The summed E-state index contributed by atoms with van der Waals surface area (Å²) in [6.07, 6.45) is 12.7. The number of ether oxygens (including phenoxy) is 3. The highest BCUT2D eigenvalue weighted by Gasteiger charge is 2.24. The summed E-state index contributed by atoms with van der Waals surface area (Å²) in [5.74, 6) is 1.70. The third kappa shape index (κ3) is 7.24. The number of esters is 1.